The summed E-state index contributed by atoms with van der Waals surface area (Å²) < 4.78 is 55.5. The zero-order valence-corrected chi connectivity index (χ0v) is 45.9. The van der Waals surface area contributed by atoms with E-state index in [4.69, 9.17) is 37.5 Å². The average molecular weight is 1040 g/mol. The second-order valence-electron chi connectivity index (χ2n) is 19.0. The minimum Gasteiger partial charge on any atom is -0.497 e. The first-order chi connectivity index (χ1) is 36.1. The van der Waals surface area contributed by atoms with Gasteiger partial charge in [0.2, 0.25) is 0 Å². The number of nitriles is 1. The Labute approximate surface area is 441 Å². The Morgan fingerprint density at radius 3 is 1.91 bits per heavy atom. The highest BCUT2D eigenvalue weighted by Gasteiger charge is 2.51. The molecule has 3 unspecified atom stereocenters. The molecule has 74 heavy (non-hydrogen) atoms. The van der Waals surface area contributed by atoms with Crippen LogP contribution in [0.5, 0.6) is 11.5 Å². The van der Waals surface area contributed by atoms with E-state index in [-0.39, 0.29) is 38.3 Å². The van der Waals surface area contributed by atoms with Crippen molar-refractivity contribution in [2.75, 3.05) is 47.3 Å². The maximum absolute atomic E-state index is 13.7. The van der Waals surface area contributed by atoms with Crippen molar-refractivity contribution in [3.63, 3.8) is 0 Å². The van der Waals surface area contributed by atoms with Crippen LogP contribution < -0.4 is 20.7 Å². The maximum Gasteiger partial charge on any atom is 0.330 e. The highest BCUT2D eigenvalue weighted by Crippen LogP contribution is 2.51. The number of aromatic amines is 1. The summed E-state index contributed by atoms with van der Waals surface area (Å²) in [6.07, 6.45) is 21.0. The minimum absolute atomic E-state index is 0.0216. The van der Waals surface area contributed by atoms with E-state index in [1.54, 1.807) is 14.2 Å². The van der Waals surface area contributed by atoms with Crippen molar-refractivity contribution in [1.29, 1.82) is 5.26 Å². The van der Waals surface area contributed by atoms with Gasteiger partial charge in [-0.2, -0.15) is 5.26 Å². The quantitative estimate of drug-likeness (QED) is 0.0199. The van der Waals surface area contributed by atoms with Crippen LogP contribution in [0.1, 0.15) is 141 Å². The summed E-state index contributed by atoms with van der Waals surface area (Å²) in [5.41, 5.74) is 0.0587. The molecule has 1 fully saturated rings. The van der Waals surface area contributed by atoms with E-state index >= 15 is 0 Å². The number of allylic oxidation sites excluding steroid dienone is 4. The van der Waals surface area contributed by atoms with Gasteiger partial charge < -0.3 is 37.5 Å². The Kier molecular flexibility index (Phi) is 26.9. The van der Waals surface area contributed by atoms with Gasteiger partial charge >= 0.3 is 5.69 Å². The molecule has 0 radical (unpaired) electrons. The number of hydrogen-bond donors (Lipinski definition) is 1. The molecule has 1 N–H and O–H groups in total. The lowest BCUT2D eigenvalue weighted by atomic mass is 9.80. The summed E-state index contributed by atoms with van der Waals surface area (Å²) in [5.74, 6) is 1.37. The predicted molar refractivity (Wildman–Crippen MR) is 293 cm³/mol. The number of benzene rings is 3. The van der Waals surface area contributed by atoms with Crippen molar-refractivity contribution in [3.05, 3.63) is 153 Å². The van der Waals surface area contributed by atoms with Crippen molar-refractivity contribution in [2.45, 2.75) is 160 Å². The lowest BCUT2D eigenvalue weighted by Gasteiger charge is -2.38. The van der Waals surface area contributed by atoms with Crippen LogP contribution >= 0.6 is 8.53 Å². The summed E-state index contributed by atoms with van der Waals surface area (Å²) in [5, 5.41) is 9.53. The van der Waals surface area contributed by atoms with E-state index in [0.29, 0.717) is 24.7 Å². The van der Waals surface area contributed by atoms with E-state index in [9.17, 15) is 14.9 Å². The predicted octanol–water partition coefficient (Wildman–Crippen LogP) is 12.3. The maximum atomic E-state index is 13.7. The van der Waals surface area contributed by atoms with E-state index in [1.807, 2.05) is 78.9 Å². The van der Waals surface area contributed by atoms with Crippen LogP contribution in [-0.2, 0) is 33.6 Å². The van der Waals surface area contributed by atoms with Crippen LogP contribution in [0.15, 0.2) is 125 Å². The first-order valence-electron chi connectivity index (χ1n) is 26.8. The minimum atomic E-state index is -1.86. The molecule has 1 aliphatic rings. The summed E-state index contributed by atoms with van der Waals surface area (Å²) in [7, 11) is 1.40. The highest BCUT2D eigenvalue weighted by molar-refractivity contribution is 7.44. The summed E-state index contributed by atoms with van der Waals surface area (Å²) in [6, 6.07) is 28.9. The van der Waals surface area contributed by atoms with Gasteiger partial charge in [-0.15, -0.1) is 0 Å². The molecule has 0 amide bonds. The summed E-state index contributed by atoms with van der Waals surface area (Å²) in [4.78, 5) is 28.6. The topological polar surface area (TPSA) is 156 Å². The second-order valence-corrected chi connectivity index (χ2v) is 20.5. The van der Waals surface area contributed by atoms with Gasteiger partial charge in [0.15, 0.2) is 6.23 Å². The number of unbranched alkanes of at least 4 members (excludes halogenated alkanes) is 9. The molecule has 3 aromatic carbocycles. The Morgan fingerprint density at radius 1 is 0.730 bits per heavy atom. The largest absolute Gasteiger partial charge is 0.497 e. The molecule has 0 spiro atoms. The van der Waals surface area contributed by atoms with Gasteiger partial charge in [0.25, 0.3) is 14.1 Å². The highest BCUT2D eigenvalue weighted by atomic mass is 31.2. The van der Waals surface area contributed by atoms with Crippen molar-refractivity contribution in [3.8, 4) is 17.6 Å². The van der Waals surface area contributed by atoms with Gasteiger partial charge in [-0.25, -0.2) is 9.46 Å². The standard InChI is InChI=1S/C59H83N4O10P/c1-8-9-10-11-12-13-14-15-16-17-18-19-20-21-22-26-41-68-43-44-69-55-53(72-57(62-40-38-54(64)61-58(62)65)56(55)73-74(71-42-27-39-60)63(46(2)3)47(4)5)45-70-59(48-28-24-23-25-29-48,49-30-34-51(66-6)35-31-49)50-32-36-52(67-7)37-33-50/h12-13,15-16,23-25,28-38,40,46-47,53,55-57H,8-11,14,17-22,26-27,41-45H2,1-7H3,(H,61,64,65)/b13-12-,16-15-/t53-,55?,56?,57-,74?/m1/s1. The molecule has 404 valence electrons. The fourth-order valence-corrected chi connectivity index (χ4v) is 11.0. The molecule has 0 bridgehead atoms. The van der Waals surface area contributed by atoms with E-state index in [1.165, 1.54) is 61.8 Å². The lowest BCUT2D eigenvalue weighted by Crippen LogP contribution is -2.43. The van der Waals surface area contributed by atoms with Crippen molar-refractivity contribution < 1.29 is 37.5 Å². The first kappa shape index (κ1) is 59.9. The number of H-pyrrole nitrogens is 1. The van der Waals surface area contributed by atoms with Gasteiger partial charge in [-0.05, 0) is 107 Å². The molecule has 4 aromatic rings. The fourth-order valence-electron chi connectivity index (χ4n) is 9.23. The third-order valence-corrected chi connectivity index (χ3v) is 15.1. The fraction of sp³-hybridized carbons (Fsp3) is 0.542. The number of aromatic nitrogens is 2. The summed E-state index contributed by atoms with van der Waals surface area (Å²) >= 11 is 0. The zero-order valence-electron chi connectivity index (χ0n) is 45.0. The van der Waals surface area contributed by atoms with Gasteiger partial charge in [0.05, 0.1) is 53.1 Å². The third kappa shape index (κ3) is 18.1. The smallest absolute Gasteiger partial charge is 0.330 e. The molecule has 1 aromatic heterocycles. The Balaban J connectivity index is 1.39. The van der Waals surface area contributed by atoms with Crippen LogP contribution in [0, 0.1) is 11.3 Å². The number of nitrogens with one attached hydrogen (secondary N) is 1. The van der Waals surface area contributed by atoms with Gasteiger partial charge in [-0.3, -0.25) is 14.3 Å². The molecule has 5 rings (SSSR count). The number of ether oxygens (including phenoxy) is 6. The van der Waals surface area contributed by atoms with E-state index < -0.39 is 49.9 Å². The Hall–Kier alpha value is -4.94. The molecule has 15 heteroatoms. The monoisotopic (exact) mass is 1040 g/mol. The SMILES string of the molecule is CCCCC/C=C\C/C=C\CCCCCCCCOCCOC1C(OP(OCCC#N)N(C(C)C)C(C)C)[C@H](n2ccc(=O)[nH]c2=O)O[C@@H]1COC(c1ccccc1)(c1ccc(OC)cc1)c1ccc(OC)cc1. The lowest BCUT2D eigenvalue weighted by molar-refractivity contribution is -0.108. The molecular formula is C59H83N4O10P. The van der Waals surface area contributed by atoms with Crippen LogP contribution in [0.2, 0.25) is 0 Å². The molecule has 0 aliphatic carbocycles. The number of methoxy groups -OCH3 is 2. The molecule has 2 heterocycles. The van der Waals surface area contributed by atoms with Crippen LogP contribution in [0.25, 0.3) is 0 Å². The molecule has 14 nitrogen and oxygen atoms in total. The molecule has 1 saturated heterocycles. The van der Waals surface area contributed by atoms with Gasteiger partial charge in [0.1, 0.15) is 35.4 Å². The zero-order chi connectivity index (χ0) is 53.0. The van der Waals surface area contributed by atoms with Gasteiger partial charge in [0, 0.05) is 31.0 Å². The van der Waals surface area contributed by atoms with Gasteiger partial charge in [-0.1, -0.05) is 124 Å². The average Bonchev–Trinajstić information content (AvgIpc) is 3.74. The third-order valence-electron chi connectivity index (χ3n) is 12.9. The molecule has 1 aliphatic heterocycles. The number of rotatable bonds is 36. The molecule has 5 atom stereocenters. The van der Waals surface area contributed by atoms with Crippen molar-refractivity contribution in [2.24, 2.45) is 0 Å². The number of hydrogen-bond acceptors (Lipinski definition) is 12. The van der Waals surface area contributed by atoms with Crippen LogP contribution in [0.4, 0.5) is 0 Å². The van der Waals surface area contributed by atoms with Crippen molar-refractivity contribution >= 4 is 8.53 Å². The Morgan fingerprint density at radius 2 is 1.32 bits per heavy atom. The summed E-state index contributed by atoms with van der Waals surface area (Å²) in [6.45, 7) is 11.6. The van der Waals surface area contributed by atoms with E-state index in [0.717, 1.165) is 48.8 Å². The van der Waals surface area contributed by atoms with E-state index in [2.05, 4.69) is 74.6 Å². The van der Waals surface area contributed by atoms with Crippen LogP contribution in [-0.4, -0.2) is 91.9 Å². The molecule has 0 saturated carbocycles. The first-order valence-corrected chi connectivity index (χ1v) is 27.9. The second kappa shape index (κ2) is 33.2. The number of nitrogens with zero attached hydrogens (tertiary/aromatic N) is 3. The normalized spacial score (nSPS) is 17.5. The van der Waals surface area contributed by atoms with Crippen LogP contribution in [0.3, 0.4) is 0 Å². The Bertz CT molecular complexity index is 2330. The van der Waals surface area contributed by atoms with Crippen molar-refractivity contribution in [1.82, 2.24) is 14.2 Å². The molecular weight excluding hydrogens is 956 g/mol.